The molecule has 0 aromatic heterocycles. The maximum absolute atomic E-state index is 8.45. The number of nitrogens with two attached hydrogens (primary N) is 2. The Morgan fingerprint density at radius 3 is 2.69 bits per heavy atom. The maximum Gasteiger partial charge on any atom is 0.0625 e. The molecular formula is C10H13N3. The monoisotopic (exact) mass is 175 g/mol. The summed E-state index contributed by atoms with van der Waals surface area (Å²) < 4.78 is 0. The summed E-state index contributed by atoms with van der Waals surface area (Å²) in [4.78, 5) is 0. The first kappa shape index (κ1) is 9.40. The molecule has 1 rings (SSSR count). The standard InChI is InChI=1S/C10H13N3/c1-7-4-5-9(12)8(10(7)13)3-2-6-11/h4-5H,2-3,12-13H2,1H3. The molecule has 0 amide bonds. The minimum Gasteiger partial charge on any atom is -0.398 e. The zero-order valence-corrected chi connectivity index (χ0v) is 7.67. The number of hydrogen-bond donors (Lipinski definition) is 2. The molecule has 1 aromatic rings. The number of nitriles is 1. The van der Waals surface area contributed by atoms with E-state index in [1.54, 1.807) is 0 Å². The fourth-order valence-electron chi connectivity index (χ4n) is 1.26. The van der Waals surface area contributed by atoms with Gasteiger partial charge in [0.15, 0.2) is 0 Å². The van der Waals surface area contributed by atoms with Crippen molar-refractivity contribution in [2.45, 2.75) is 19.8 Å². The molecule has 0 unspecified atom stereocenters. The predicted octanol–water partition coefficient (Wildman–Crippen LogP) is 1.62. The van der Waals surface area contributed by atoms with Crippen LogP contribution in [0.4, 0.5) is 11.4 Å². The Morgan fingerprint density at radius 2 is 2.08 bits per heavy atom. The van der Waals surface area contributed by atoms with Gasteiger partial charge in [-0.3, -0.25) is 0 Å². The largest absolute Gasteiger partial charge is 0.398 e. The molecule has 0 aliphatic heterocycles. The lowest BCUT2D eigenvalue weighted by molar-refractivity contribution is 1.01. The molecule has 68 valence electrons. The van der Waals surface area contributed by atoms with Crippen LogP contribution in [0.5, 0.6) is 0 Å². The second-order valence-corrected chi connectivity index (χ2v) is 3.02. The lowest BCUT2D eigenvalue weighted by Gasteiger charge is -2.09. The van der Waals surface area contributed by atoms with E-state index >= 15 is 0 Å². The van der Waals surface area contributed by atoms with Crippen molar-refractivity contribution in [2.75, 3.05) is 11.5 Å². The second kappa shape index (κ2) is 3.81. The normalized spacial score (nSPS) is 9.54. The van der Waals surface area contributed by atoms with E-state index in [1.165, 1.54) is 0 Å². The summed E-state index contributed by atoms with van der Waals surface area (Å²) in [5.74, 6) is 0. The lowest BCUT2D eigenvalue weighted by atomic mass is 10.0. The predicted molar refractivity (Wildman–Crippen MR) is 53.9 cm³/mol. The third kappa shape index (κ3) is 1.91. The Bertz CT molecular complexity index is 350. The summed E-state index contributed by atoms with van der Waals surface area (Å²) in [6.07, 6.45) is 1.09. The van der Waals surface area contributed by atoms with Crippen molar-refractivity contribution < 1.29 is 0 Å². The molecule has 0 aliphatic rings. The van der Waals surface area contributed by atoms with E-state index in [0.717, 1.165) is 16.8 Å². The molecule has 3 nitrogen and oxygen atoms in total. The zero-order valence-electron chi connectivity index (χ0n) is 7.67. The Balaban J connectivity index is 3.04. The topological polar surface area (TPSA) is 75.8 Å². The van der Waals surface area contributed by atoms with Gasteiger partial charge in [0.1, 0.15) is 0 Å². The lowest BCUT2D eigenvalue weighted by Crippen LogP contribution is -2.02. The van der Waals surface area contributed by atoms with Crippen molar-refractivity contribution >= 4 is 11.4 Å². The molecule has 0 bridgehead atoms. The van der Waals surface area contributed by atoms with Crippen LogP contribution in [0.25, 0.3) is 0 Å². The van der Waals surface area contributed by atoms with E-state index in [-0.39, 0.29) is 0 Å². The molecule has 0 radical (unpaired) electrons. The van der Waals surface area contributed by atoms with Crippen molar-refractivity contribution in [3.05, 3.63) is 23.3 Å². The van der Waals surface area contributed by atoms with Crippen LogP contribution in [0, 0.1) is 18.3 Å². The first-order valence-corrected chi connectivity index (χ1v) is 4.17. The van der Waals surface area contributed by atoms with Crippen LogP contribution in [0.3, 0.4) is 0 Å². The first-order chi connectivity index (χ1) is 6.16. The molecule has 0 heterocycles. The number of benzene rings is 1. The molecule has 0 saturated heterocycles. The highest BCUT2D eigenvalue weighted by Crippen LogP contribution is 2.24. The Morgan fingerprint density at radius 1 is 1.38 bits per heavy atom. The van der Waals surface area contributed by atoms with E-state index < -0.39 is 0 Å². The quantitative estimate of drug-likeness (QED) is 0.670. The van der Waals surface area contributed by atoms with Crippen molar-refractivity contribution in [3.63, 3.8) is 0 Å². The SMILES string of the molecule is Cc1ccc(N)c(CCC#N)c1N. The number of hydrogen-bond acceptors (Lipinski definition) is 3. The van der Waals surface area contributed by atoms with Crippen LogP contribution < -0.4 is 11.5 Å². The minimum absolute atomic E-state index is 0.456. The summed E-state index contributed by atoms with van der Waals surface area (Å²) in [6.45, 7) is 1.94. The second-order valence-electron chi connectivity index (χ2n) is 3.02. The van der Waals surface area contributed by atoms with Crippen LogP contribution in [0.15, 0.2) is 12.1 Å². The van der Waals surface area contributed by atoms with E-state index in [4.69, 9.17) is 16.7 Å². The highest BCUT2D eigenvalue weighted by atomic mass is 14.6. The Labute approximate surface area is 78.0 Å². The molecule has 13 heavy (non-hydrogen) atoms. The van der Waals surface area contributed by atoms with E-state index in [0.29, 0.717) is 18.5 Å². The highest BCUT2D eigenvalue weighted by Gasteiger charge is 2.05. The number of aryl methyl sites for hydroxylation is 1. The van der Waals surface area contributed by atoms with Crippen molar-refractivity contribution in [1.29, 1.82) is 5.26 Å². The number of anilines is 2. The summed E-state index contributed by atoms with van der Waals surface area (Å²) in [6, 6.07) is 5.80. The summed E-state index contributed by atoms with van der Waals surface area (Å²) in [5, 5.41) is 8.45. The maximum atomic E-state index is 8.45. The van der Waals surface area contributed by atoms with Gasteiger partial charge in [-0.05, 0) is 30.5 Å². The highest BCUT2D eigenvalue weighted by molar-refractivity contribution is 5.65. The Hall–Kier alpha value is -1.69. The van der Waals surface area contributed by atoms with Crippen LogP contribution in [0.1, 0.15) is 17.5 Å². The molecule has 0 atom stereocenters. The van der Waals surface area contributed by atoms with Gasteiger partial charge in [0, 0.05) is 17.8 Å². The van der Waals surface area contributed by atoms with Crippen LogP contribution in [-0.2, 0) is 6.42 Å². The summed E-state index contributed by atoms with van der Waals surface area (Å²) in [7, 11) is 0. The molecule has 0 fully saturated rings. The van der Waals surface area contributed by atoms with Gasteiger partial charge in [-0.25, -0.2) is 0 Å². The average Bonchev–Trinajstić information content (AvgIpc) is 2.12. The van der Waals surface area contributed by atoms with Gasteiger partial charge in [0.25, 0.3) is 0 Å². The molecular weight excluding hydrogens is 162 g/mol. The number of rotatable bonds is 2. The van der Waals surface area contributed by atoms with Crippen molar-refractivity contribution in [1.82, 2.24) is 0 Å². The average molecular weight is 175 g/mol. The van der Waals surface area contributed by atoms with Gasteiger partial charge in [-0.15, -0.1) is 0 Å². The van der Waals surface area contributed by atoms with Gasteiger partial charge in [0.2, 0.25) is 0 Å². The molecule has 1 aromatic carbocycles. The van der Waals surface area contributed by atoms with Crippen LogP contribution >= 0.6 is 0 Å². The summed E-state index contributed by atoms with van der Waals surface area (Å²) >= 11 is 0. The van der Waals surface area contributed by atoms with E-state index in [9.17, 15) is 0 Å². The third-order valence-electron chi connectivity index (χ3n) is 2.10. The molecule has 0 spiro atoms. The van der Waals surface area contributed by atoms with Crippen molar-refractivity contribution in [2.24, 2.45) is 0 Å². The van der Waals surface area contributed by atoms with Gasteiger partial charge >= 0.3 is 0 Å². The third-order valence-corrected chi connectivity index (χ3v) is 2.10. The van der Waals surface area contributed by atoms with E-state index in [2.05, 4.69) is 6.07 Å². The molecule has 0 aliphatic carbocycles. The molecule has 4 N–H and O–H groups in total. The zero-order chi connectivity index (χ0) is 9.84. The summed E-state index contributed by atoms with van der Waals surface area (Å²) in [5.41, 5.74) is 14.9. The fraction of sp³-hybridized carbons (Fsp3) is 0.300. The minimum atomic E-state index is 0.456. The molecule has 0 saturated carbocycles. The smallest absolute Gasteiger partial charge is 0.0625 e. The molecule has 3 heteroatoms. The van der Waals surface area contributed by atoms with Crippen molar-refractivity contribution in [3.8, 4) is 6.07 Å². The van der Waals surface area contributed by atoms with Crippen LogP contribution in [-0.4, -0.2) is 0 Å². The fourth-order valence-corrected chi connectivity index (χ4v) is 1.26. The number of nitrogen functional groups attached to an aromatic ring is 2. The first-order valence-electron chi connectivity index (χ1n) is 4.17. The van der Waals surface area contributed by atoms with E-state index in [1.807, 2.05) is 19.1 Å². The van der Waals surface area contributed by atoms with Gasteiger partial charge in [-0.2, -0.15) is 5.26 Å². The van der Waals surface area contributed by atoms with Gasteiger partial charge in [0.05, 0.1) is 6.07 Å². The number of nitrogens with zero attached hydrogens (tertiary/aromatic N) is 1. The van der Waals surface area contributed by atoms with Gasteiger partial charge < -0.3 is 11.5 Å². The van der Waals surface area contributed by atoms with Gasteiger partial charge in [-0.1, -0.05) is 6.07 Å². The van der Waals surface area contributed by atoms with Crippen LogP contribution in [0.2, 0.25) is 0 Å². The Kier molecular flexibility index (Phi) is 2.76.